The highest BCUT2D eigenvalue weighted by Crippen LogP contribution is 2.30. The minimum Gasteiger partial charge on any atom is -0.344 e. The maximum Gasteiger partial charge on any atom is 0.400 e. The summed E-state index contributed by atoms with van der Waals surface area (Å²) in [5.74, 6) is 0. The second-order valence-corrected chi connectivity index (χ2v) is 4.49. The lowest BCUT2D eigenvalue weighted by atomic mass is 10.1. The van der Waals surface area contributed by atoms with E-state index in [0.717, 1.165) is 0 Å². The van der Waals surface area contributed by atoms with Gasteiger partial charge in [-0.1, -0.05) is 26.2 Å². The number of unbranched alkanes of at least 4 members (excludes halogenated alkanes) is 2. The van der Waals surface area contributed by atoms with Crippen molar-refractivity contribution < 1.29 is 26.1 Å². The molecule has 4 nitrogen and oxygen atoms in total. The fourth-order valence-corrected chi connectivity index (χ4v) is 1.34. The van der Waals surface area contributed by atoms with Crippen molar-refractivity contribution in [3.8, 4) is 0 Å². The molecule has 4 N–H and O–H groups in total. The molecular weight excluding hydrogens is 235 g/mol. The molecule has 0 heterocycles. The Kier molecular flexibility index (Phi) is 7.15. The van der Waals surface area contributed by atoms with Gasteiger partial charge in [-0.15, -0.1) is 0 Å². The molecule has 0 aliphatic heterocycles. The lowest BCUT2D eigenvalue weighted by Gasteiger charge is -2.16. The Labute approximate surface area is 87.2 Å². The third kappa shape index (κ3) is 4.80. The SMILES string of the molecule is CCCCCC(F)C(F)(F)S(=O)(=O)O.N. The molecule has 0 fully saturated rings. The maximum atomic E-state index is 12.7. The maximum absolute atomic E-state index is 12.7. The average Bonchev–Trinajstić information content (AvgIpc) is 2.02. The van der Waals surface area contributed by atoms with Crippen molar-refractivity contribution in [3.05, 3.63) is 0 Å². The summed E-state index contributed by atoms with van der Waals surface area (Å²) in [6.07, 6.45) is -1.99. The van der Waals surface area contributed by atoms with E-state index in [4.69, 9.17) is 4.55 Å². The first-order chi connectivity index (χ1) is 6.23. The molecule has 0 aliphatic rings. The summed E-state index contributed by atoms with van der Waals surface area (Å²) < 4.78 is 66.0. The Morgan fingerprint density at radius 3 is 2.13 bits per heavy atom. The van der Waals surface area contributed by atoms with Crippen LogP contribution in [0.25, 0.3) is 0 Å². The molecule has 0 saturated heterocycles. The Morgan fingerprint density at radius 1 is 1.33 bits per heavy atom. The third-order valence-electron chi connectivity index (χ3n) is 1.77. The van der Waals surface area contributed by atoms with Crippen LogP contribution < -0.4 is 6.15 Å². The average molecular weight is 251 g/mol. The molecule has 0 amide bonds. The number of rotatable bonds is 6. The monoisotopic (exact) mass is 251 g/mol. The molecule has 0 spiro atoms. The summed E-state index contributed by atoms with van der Waals surface area (Å²) in [5, 5.41) is -4.69. The summed E-state index contributed by atoms with van der Waals surface area (Å²) >= 11 is 0. The second-order valence-electron chi connectivity index (χ2n) is 3.00. The molecule has 0 rings (SSSR count). The van der Waals surface area contributed by atoms with Crippen LogP contribution in [0.3, 0.4) is 0 Å². The van der Waals surface area contributed by atoms with E-state index < -0.39 is 28.0 Å². The van der Waals surface area contributed by atoms with Crippen molar-refractivity contribution in [1.82, 2.24) is 6.15 Å². The summed E-state index contributed by atoms with van der Waals surface area (Å²) in [4.78, 5) is 0. The smallest absolute Gasteiger partial charge is 0.344 e. The van der Waals surface area contributed by atoms with E-state index in [1.165, 1.54) is 0 Å². The van der Waals surface area contributed by atoms with Gasteiger partial charge >= 0.3 is 15.4 Å². The molecule has 0 aliphatic carbocycles. The Morgan fingerprint density at radius 2 is 1.80 bits per heavy atom. The number of hydrogen-bond acceptors (Lipinski definition) is 3. The van der Waals surface area contributed by atoms with Gasteiger partial charge in [-0.25, -0.2) is 4.39 Å². The predicted molar refractivity (Wildman–Crippen MR) is 50.6 cm³/mol. The topological polar surface area (TPSA) is 89.4 Å². The first kappa shape index (κ1) is 17.1. The minimum absolute atomic E-state index is 0. The molecule has 0 bridgehead atoms. The number of hydrogen-bond donors (Lipinski definition) is 2. The van der Waals surface area contributed by atoms with Gasteiger partial charge in [-0.3, -0.25) is 4.55 Å². The highest BCUT2D eigenvalue weighted by Gasteiger charge is 2.52. The highest BCUT2D eigenvalue weighted by atomic mass is 32.2. The van der Waals surface area contributed by atoms with E-state index in [-0.39, 0.29) is 12.6 Å². The largest absolute Gasteiger partial charge is 0.400 e. The van der Waals surface area contributed by atoms with Crippen LogP contribution in [-0.4, -0.2) is 24.4 Å². The summed E-state index contributed by atoms with van der Waals surface area (Å²) in [6.45, 7) is 1.80. The first-order valence-corrected chi connectivity index (χ1v) is 5.66. The van der Waals surface area contributed by atoms with E-state index in [1.807, 2.05) is 0 Å². The zero-order chi connectivity index (χ0) is 11.4. The molecule has 1 unspecified atom stereocenters. The van der Waals surface area contributed by atoms with Gasteiger partial charge in [0.15, 0.2) is 6.17 Å². The molecule has 0 aromatic heterocycles. The van der Waals surface area contributed by atoms with Gasteiger partial charge < -0.3 is 6.15 Å². The van der Waals surface area contributed by atoms with Crippen molar-refractivity contribution in [2.24, 2.45) is 0 Å². The van der Waals surface area contributed by atoms with Crippen molar-refractivity contribution >= 4 is 10.1 Å². The van der Waals surface area contributed by atoms with Crippen LogP contribution in [0, 0.1) is 0 Å². The van der Waals surface area contributed by atoms with Crippen molar-refractivity contribution in [1.29, 1.82) is 0 Å². The van der Waals surface area contributed by atoms with Gasteiger partial charge in [0.1, 0.15) is 0 Å². The Hall–Kier alpha value is -0.340. The minimum atomic E-state index is -5.65. The van der Waals surface area contributed by atoms with Crippen LogP contribution in [0.2, 0.25) is 0 Å². The van der Waals surface area contributed by atoms with Crippen LogP contribution in [0.1, 0.15) is 32.6 Å². The van der Waals surface area contributed by atoms with E-state index in [9.17, 15) is 21.6 Å². The van der Waals surface area contributed by atoms with Gasteiger partial charge in [-0.2, -0.15) is 17.2 Å². The van der Waals surface area contributed by atoms with E-state index in [2.05, 4.69) is 0 Å². The van der Waals surface area contributed by atoms with Crippen LogP contribution in [0.4, 0.5) is 13.2 Å². The van der Waals surface area contributed by atoms with Gasteiger partial charge in [0, 0.05) is 0 Å². The van der Waals surface area contributed by atoms with E-state index in [0.29, 0.717) is 12.8 Å². The molecule has 0 saturated carbocycles. The fraction of sp³-hybridized carbons (Fsp3) is 1.00. The van der Waals surface area contributed by atoms with E-state index >= 15 is 0 Å². The normalized spacial score (nSPS) is 14.5. The summed E-state index contributed by atoms with van der Waals surface area (Å²) in [7, 11) is -5.65. The molecule has 0 aromatic carbocycles. The second kappa shape index (κ2) is 6.29. The van der Waals surface area contributed by atoms with Crippen molar-refractivity contribution in [2.75, 3.05) is 0 Å². The number of halogens is 3. The van der Waals surface area contributed by atoms with Crippen molar-refractivity contribution in [3.63, 3.8) is 0 Å². The molecule has 94 valence electrons. The van der Waals surface area contributed by atoms with Gasteiger partial charge in [0.05, 0.1) is 0 Å². The van der Waals surface area contributed by atoms with Gasteiger partial charge in [0.2, 0.25) is 0 Å². The number of alkyl halides is 3. The molecule has 1 atom stereocenters. The third-order valence-corrected chi connectivity index (χ3v) is 2.71. The highest BCUT2D eigenvalue weighted by molar-refractivity contribution is 7.86. The zero-order valence-electron chi connectivity index (χ0n) is 8.42. The molecule has 0 radical (unpaired) electrons. The first-order valence-electron chi connectivity index (χ1n) is 4.22. The standard InChI is InChI=1S/C7H13F3O3S.H3N/c1-2-3-4-5-6(8)7(9,10)14(11,12)13;/h6H,2-5H2,1H3,(H,11,12,13);1H3. The van der Waals surface area contributed by atoms with Crippen LogP contribution in [-0.2, 0) is 10.1 Å². The quantitative estimate of drug-likeness (QED) is 0.560. The Balaban J connectivity index is 0. The van der Waals surface area contributed by atoms with Crippen LogP contribution in [0.5, 0.6) is 0 Å². The van der Waals surface area contributed by atoms with E-state index in [1.54, 1.807) is 6.92 Å². The van der Waals surface area contributed by atoms with Gasteiger partial charge in [-0.05, 0) is 6.42 Å². The van der Waals surface area contributed by atoms with Crippen LogP contribution in [0.15, 0.2) is 0 Å². The molecule has 8 heteroatoms. The molecular formula is C7H16F3NO3S. The van der Waals surface area contributed by atoms with Crippen molar-refractivity contribution in [2.45, 2.75) is 44.0 Å². The van der Waals surface area contributed by atoms with Gasteiger partial charge in [0.25, 0.3) is 0 Å². The zero-order valence-corrected chi connectivity index (χ0v) is 9.24. The molecule has 15 heavy (non-hydrogen) atoms. The summed E-state index contributed by atoms with van der Waals surface area (Å²) in [5.41, 5.74) is 0. The van der Waals surface area contributed by atoms with Crippen LogP contribution >= 0.6 is 0 Å². The Bertz CT molecular complexity index is 269. The lowest BCUT2D eigenvalue weighted by molar-refractivity contribution is -0.00704. The summed E-state index contributed by atoms with van der Waals surface area (Å²) in [6, 6.07) is 0. The fourth-order valence-electron chi connectivity index (χ4n) is 0.903. The molecule has 0 aromatic rings. The predicted octanol–water partition coefficient (Wildman–Crippen LogP) is 2.55. The lowest BCUT2D eigenvalue weighted by Crippen LogP contribution is -2.38.